The second-order valence-corrected chi connectivity index (χ2v) is 8.45. The molecule has 5 heteroatoms. The number of ketones is 1. The molecule has 0 saturated carbocycles. The van der Waals surface area contributed by atoms with E-state index in [2.05, 4.69) is 17.4 Å². The fourth-order valence-corrected chi connectivity index (χ4v) is 4.85. The number of para-hydroxylation sites is 2. The number of carbonyl (C=O) groups is 2. The highest BCUT2D eigenvalue weighted by Crippen LogP contribution is 2.41. The summed E-state index contributed by atoms with van der Waals surface area (Å²) in [7, 11) is 0. The van der Waals surface area contributed by atoms with Crippen molar-refractivity contribution in [3.8, 4) is 0 Å². The summed E-state index contributed by atoms with van der Waals surface area (Å²) in [6.07, 6.45) is 1.45. The van der Waals surface area contributed by atoms with Gasteiger partial charge in [0.1, 0.15) is 5.60 Å². The van der Waals surface area contributed by atoms with E-state index in [9.17, 15) is 9.59 Å². The standard InChI is InChI=1S/C27H26N2O3/c30-24-19-27(21-11-5-2-6-12-21,16-15-20-9-3-1-4-10-20)32-26(31)25(24)29-18-17-28-22-13-7-8-14-23(22)29/h1-14,25,28H,15-19H2. The van der Waals surface area contributed by atoms with E-state index < -0.39 is 17.6 Å². The van der Waals surface area contributed by atoms with Crippen LogP contribution in [0.4, 0.5) is 11.4 Å². The van der Waals surface area contributed by atoms with Crippen LogP contribution < -0.4 is 10.2 Å². The smallest absolute Gasteiger partial charge is 0.337 e. The molecule has 162 valence electrons. The fourth-order valence-electron chi connectivity index (χ4n) is 4.85. The number of hydrogen-bond donors (Lipinski definition) is 1. The number of nitrogens with one attached hydrogen (secondary N) is 1. The van der Waals surface area contributed by atoms with Crippen molar-refractivity contribution in [2.45, 2.75) is 30.9 Å². The lowest BCUT2D eigenvalue weighted by molar-refractivity contribution is -0.175. The monoisotopic (exact) mass is 426 g/mol. The second kappa shape index (κ2) is 8.50. The number of benzene rings is 3. The van der Waals surface area contributed by atoms with E-state index >= 15 is 0 Å². The summed E-state index contributed by atoms with van der Waals surface area (Å²) < 4.78 is 6.21. The van der Waals surface area contributed by atoms with Gasteiger partial charge in [0.15, 0.2) is 11.8 Å². The number of aryl methyl sites for hydroxylation is 1. The van der Waals surface area contributed by atoms with Crippen molar-refractivity contribution in [2.75, 3.05) is 23.3 Å². The van der Waals surface area contributed by atoms with Crippen LogP contribution in [0.5, 0.6) is 0 Å². The summed E-state index contributed by atoms with van der Waals surface area (Å²) in [5.74, 6) is -0.551. The number of hydrogen-bond acceptors (Lipinski definition) is 5. The largest absolute Gasteiger partial charge is 0.452 e. The van der Waals surface area contributed by atoms with Crippen LogP contribution in [0, 0.1) is 0 Å². The van der Waals surface area contributed by atoms with Crippen LogP contribution in [0.3, 0.4) is 0 Å². The molecule has 0 spiro atoms. The molecule has 2 atom stereocenters. The second-order valence-electron chi connectivity index (χ2n) is 8.45. The van der Waals surface area contributed by atoms with Gasteiger partial charge in [-0.3, -0.25) is 4.79 Å². The summed E-state index contributed by atoms with van der Waals surface area (Å²) in [6.45, 7) is 1.25. The number of rotatable bonds is 5. The van der Waals surface area contributed by atoms with Gasteiger partial charge in [0.05, 0.1) is 17.8 Å². The molecule has 32 heavy (non-hydrogen) atoms. The quantitative estimate of drug-likeness (QED) is 0.486. The molecule has 1 fully saturated rings. The van der Waals surface area contributed by atoms with Crippen LogP contribution in [0.15, 0.2) is 84.9 Å². The number of Topliss-reactive ketones (excluding diaryl/α,β-unsaturated/α-hetero) is 1. The number of nitrogens with zero attached hydrogens (tertiary/aromatic N) is 1. The Bertz CT molecular complexity index is 1100. The highest BCUT2D eigenvalue weighted by Gasteiger charge is 2.50. The van der Waals surface area contributed by atoms with E-state index in [0.717, 1.165) is 28.9 Å². The summed E-state index contributed by atoms with van der Waals surface area (Å²) >= 11 is 0. The molecule has 2 unspecified atom stereocenters. The SMILES string of the molecule is O=C1CC(CCc2ccccc2)(c2ccccc2)OC(=O)C1N1CCNc2ccccc21. The molecule has 0 bridgehead atoms. The maximum atomic E-state index is 13.6. The maximum Gasteiger partial charge on any atom is 0.337 e. The Labute approximate surface area is 188 Å². The number of esters is 1. The van der Waals surface area contributed by atoms with Gasteiger partial charge in [-0.1, -0.05) is 72.8 Å². The Morgan fingerprint density at radius 1 is 0.906 bits per heavy atom. The van der Waals surface area contributed by atoms with Crippen molar-refractivity contribution in [3.05, 3.63) is 96.1 Å². The van der Waals surface area contributed by atoms with E-state index in [-0.39, 0.29) is 12.2 Å². The molecule has 1 saturated heterocycles. The molecule has 0 amide bonds. The maximum absolute atomic E-state index is 13.6. The molecule has 0 radical (unpaired) electrons. The molecule has 5 nitrogen and oxygen atoms in total. The highest BCUT2D eigenvalue weighted by atomic mass is 16.6. The minimum Gasteiger partial charge on any atom is -0.452 e. The molecule has 5 rings (SSSR count). The molecule has 0 aliphatic carbocycles. The van der Waals surface area contributed by atoms with E-state index in [1.54, 1.807) is 0 Å². The minimum atomic E-state index is -0.949. The summed E-state index contributed by atoms with van der Waals surface area (Å²) in [5.41, 5.74) is 2.88. The average Bonchev–Trinajstić information content (AvgIpc) is 2.84. The number of ether oxygens (including phenoxy) is 1. The van der Waals surface area contributed by atoms with E-state index in [0.29, 0.717) is 19.5 Å². The van der Waals surface area contributed by atoms with Crippen molar-refractivity contribution in [3.63, 3.8) is 0 Å². The van der Waals surface area contributed by atoms with Crippen molar-refractivity contribution >= 4 is 23.1 Å². The lowest BCUT2D eigenvalue weighted by Gasteiger charge is -2.44. The third-order valence-electron chi connectivity index (χ3n) is 6.44. The van der Waals surface area contributed by atoms with Crippen LogP contribution in [0.2, 0.25) is 0 Å². The summed E-state index contributed by atoms with van der Waals surface area (Å²) in [6, 6.07) is 26.7. The number of cyclic esters (lactones) is 1. The number of anilines is 2. The van der Waals surface area contributed by atoms with Crippen molar-refractivity contribution in [2.24, 2.45) is 0 Å². The third-order valence-corrected chi connectivity index (χ3v) is 6.44. The first-order chi connectivity index (χ1) is 15.7. The van der Waals surface area contributed by atoms with Gasteiger partial charge in [-0.2, -0.15) is 0 Å². The van der Waals surface area contributed by atoms with Gasteiger partial charge < -0.3 is 15.0 Å². The molecule has 2 heterocycles. The number of carbonyl (C=O) groups excluding carboxylic acids is 2. The van der Waals surface area contributed by atoms with Crippen LogP contribution in [-0.4, -0.2) is 30.9 Å². The molecular formula is C27H26N2O3. The van der Waals surface area contributed by atoms with Gasteiger partial charge in [0.25, 0.3) is 0 Å². The summed E-state index contributed by atoms with van der Waals surface area (Å²) in [5, 5.41) is 3.34. The zero-order valence-electron chi connectivity index (χ0n) is 17.9. The Morgan fingerprint density at radius 3 is 2.34 bits per heavy atom. The van der Waals surface area contributed by atoms with Crippen LogP contribution in [-0.2, 0) is 26.3 Å². The Morgan fingerprint density at radius 2 is 1.59 bits per heavy atom. The predicted molar refractivity (Wildman–Crippen MR) is 125 cm³/mol. The molecule has 0 aromatic heterocycles. The molecule has 3 aromatic carbocycles. The number of fused-ring (bicyclic) bond motifs is 1. The lowest BCUT2D eigenvalue weighted by Crippen LogP contribution is -2.58. The molecule has 2 aliphatic heterocycles. The van der Waals surface area contributed by atoms with E-state index in [1.807, 2.05) is 77.7 Å². The topological polar surface area (TPSA) is 58.6 Å². The summed E-state index contributed by atoms with van der Waals surface area (Å²) in [4.78, 5) is 28.9. The molecular weight excluding hydrogens is 400 g/mol. The lowest BCUT2D eigenvalue weighted by atomic mass is 9.79. The third kappa shape index (κ3) is 3.75. The van der Waals surface area contributed by atoms with Gasteiger partial charge in [0.2, 0.25) is 0 Å². The zero-order chi connectivity index (χ0) is 22.0. The Balaban J connectivity index is 1.45. The van der Waals surface area contributed by atoms with Crippen molar-refractivity contribution in [1.82, 2.24) is 0 Å². The van der Waals surface area contributed by atoms with Crippen molar-refractivity contribution < 1.29 is 14.3 Å². The minimum absolute atomic E-state index is 0.0881. The van der Waals surface area contributed by atoms with Gasteiger partial charge in [-0.05, 0) is 36.1 Å². The van der Waals surface area contributed by atoms with Gasteiger partial charge in [-0.15, -0.1) is 0 Å². The molecule has 2 aliphatic rings. The van der Waals surface area contributed by atoms with E-state index in [1.165, 1.54) is 0 Å². The van der Waals surface area contributed by atoms with Crippen molar-refractivity contribution in [1.29, 1.82) is 0 Å². The zero-order valence-corrected chi connectivity index (χ0v) is 17.9. The van der Waals surface area contributed by atoms with Gasteiger partial charge in [-0.25, -0.2) is 4.79 Å². The Kier molecular flexibility index (Phi) is 5.39. The van der Waals surface area contributed by atoms with Crippen LogP contribution >= 0.6 is 0 Å². The molecule has 1 N–H and O–H groups in total. The average molecular weight is 427 g/mol. The van der Waals surface area contributed by atoms with Gasteiger partial charge in [0, 0.05) is 13.1 Å². The highest BCUT2D eigenvalue weighted by molar-refractivity contribution is 6.09. The first-order valence-electron chi connectivity index (χ1n) is 11.1. The van der Waals surface area contributed by atoms with Crippen LogP contribution in [0.25, 0.3) is 0 Å². The van der Waals surface area contributed by atoms with Crippen LogP contribution in [0.1, 0.15) is 24.0 Å². The predicted octanol–water partition coefficient (Wildman–Crippen LogP) is 4.33. The Hall–Kier alpha value is -3.60. The fraction of sp³-hybridized carbons (Fsp3) is 0.259. The first-order valence-corrected chi connectivity index (χ1v) is 11.1. The van der Waals surface area contributed by atoms with E-state index in [4.69, 9.17) is 4.74 Å². The first kappa shape index (κ1) is 20.3. The molecule has 3 aromatic rings. The van der Waals surface area contributed by atoms with Gasteiger partial charge >= 0.3 is 5.97 Å². The normalized spacial score (nSPS) is 22.6.